The van der Waals surface area contributed by atoms with E-state index in [1.54, 1.807) is 6.07 Å². The summed E-state index contributed by atoms with van der Waals surface area (Å²) >= 11 is 0. The quantitative estimate of drug-likeness (QED) is 0.801. The molecule has 0 N–H and O–H groups in total. The van der Waals surface area contributed by atoms with Gasteiger partial charge in [-0.2, -0.15) is 0 Å². The number of benzene rings is 2. The molecule has 0 amide bonds. The van der Waals surface area contributed by atoms with E-state index in [1.807, 2.05) is 12.1 Å². The highest BCUT2D eigenvalue weighted by molar-refractivity contribution is 5.98. The van der Waals surface area contributed by atoms with Crippen LogP contribution in [-0.2, 0) is 12.8 Å². The highest BCUT2D eigenvalue weighted by Crippen LogP contribution is 2.29. The van der Waals surface area contributed by atoms with E-state index in [-0.39, 0.29) is 17.3 Å². The maximum atomic E-state index is 14.0. The number of carbonyl (C=O) groups is 1. The van der Waals surface area contributed by atoms with Gasteiger partial charge < -0.3 is 4.74 Å². The fraction of sp³-hybridized carbons (Fsp3) is 0.278. The summed E-state index contributed by atoms with van der Waals surface area (Å²) in [6.07, 6.45) is 2.35. The van der Waals surface area contributed by atoms with Crippen molar-refractivity contribution in [1.82, 2.24) is 0 Å². The molecule has 2 aromatic rings. The van der Waals surface area contributed by atoms with Gasteiger partial charge in [-0.1, -0.05) is 24.3 Å². The maximum absolute atomic E-state index is 14.0. The average molecular weight is 284 g/mol. The first-order valence-electron chi connectivity index (χ1n) is 7.13. The predicted octanol–water partition coefficient (Wildman–Crippen LogP) is 3.82. The lowest BCUT2D eigenvalue weighted by Gasteiger charge is -2.23. The number of ether oxygens (including phenoxy) is 1. The summed E-state index contributed by atoms with van der Waals surface area (Å²) in [5.41, 5.74) is 2.67. The standard InChI is InChI=1S/C18H17FO2/c1-21-15-8-9-16(17(19)11-15)18(20)14-7-6-12-4-2-3-5-13(12)10-14/h2-5,8-9,11,14H,6-7,10H2,1H3. The number of halogens is 1. The number of carbonyl (C=O) groups excluding carboxylic acids is 1. The van der Waals surface area contributed by atoms with Crippen molar-refractivity contribution < 1.29 is 13.9 Å². The van der Waals surface area contributed by atoms with Crippen LogP contribution in [0, 0.1) is 11.7 Å². The van der Waals surface area contributed by atoms with Crippen molar-refractivity contribution in [2.75, 3.05) is 7.11 Å². The van der Waals surface area contributed by atoms with E-state index in [4.69, 9.17) is 4.74 Å². The fourth-order valence-electron chi connectivity index (χ4n) is 2.96. The lowest BCUT2D eigenvalue weighted by molar-refractivity contribution is 0.0904. The number of ketones is 1. The predicted molar refractivity (Wildman–Crippen MR) is 79.2 cm³/mol. The molecule has 3 rings (SSSR count). The number of hydrogen-bond acceptors (Lipinski definition) is 2. The zero-order chi connectivity index (χ0) is 14.8. The number of Topliss-reactive ketones (excluding diaryl/α,β-unsaturated/α-hetero) is 1. The molecule has 0 bridgehead atoms. The third kappa shape index (κ3) is 2.68. The van der Waals surface area contributed by atoms with E-state index >= 15 is 0 Å². The van der Waals surface area contributed by atoms with Crippen LogP contribution in [0.1, 0.15) is 27.9 Å². The first-order valence-corrected chi connectivity index (χ1v) is 7.13. The minimum absolute atomic E-state index is 0.107. The topological polar surface area (TPSA) is 26.3 Å². The third-order valence-electron chi connectivity index (χ3n) is 4.16. The molecule has 2 aromatic carbocycles. The van der Waals surface area contributed by atoms with Gasteiger partial charge in [0.2, 0.25) is 0 Å². The Morgan fingerprint density at radius 3 is 2.67 bits per heavy atom. The molecule has 1 unspecified atom stereocenters. The van der Waals surface area contributed by atoms with E-state index in [9.17, 15) is 9.18 Å². The Bertz CT molecular complexity index is 679. The second kappa shape index (κ2) is 5.68. The fourth-order valence-corrected chi connectivity index (χ4v) is 2.96. The molecule has 0 saturated heterocycles. The van der Waals surface area contributed by atoms with Gasteiger partial charge in [-0.25, -0.2) is 4.39 Å². The van der Waals surface area contributed by atoms with Crippen LogP contribution in [0.5, 0.6) is 5.75 Å². The number of aryl methyl sites for hydroxylation is 1. The van der Waals surface area contributed by atoms with Gasteiger partial charge in [0.1, 0.15) is 11.6 Å². The van der Waals surface area contributed by atoms with Gasteiger partial charge in [-0.15, -0.1) is 0 Å². The Labute approximate surface area is 123 Å². The van der Waals surface area contributed by atoms with E-state index < -0.39 is 5.82 Å². The Hall–Kier alpha value is -2.16. The van der Waals surface area contributed by atoms with Crippen LogP contribution in [0.2, 0.25) is 0 Å². The van der Waals surface area contributed by atoms with E-state index in [2.05, 4.69) is 12.1 Å². The Morgan fingerprint density at radius 2 is 1.95 bits per heavy atom. The second-order valence-corrected chi connectivity index (χ2v) is 5.42. The van der Waals surface area contributed by atoms with Gasteiger partial charge in [-0.05, 0) is 42.5 Å². The minimum Gasteiger partial charge on any atom is -0.497 e. The molecule has 108 valence electrons. The first kappa shape index (κ1) is 13.8. The summed E-state index contributed by atoms with van der Waals surface area (Å²) in [5, 5.41) is 0. The molecule has 1 aliphatic carbocycles. The van der Waals surface area contributed by atoms with Crippen molar-refractivity contribution in [3.63, 3.8) is 0 Å². The molecule has 0 radical (unpaired) electrons. The van der Waals surface area contributed by atoms with Crippen LogP contribution in [0.3, 0.4) is 0 Å². The van der Waals surface area contributed by atoms with Crippen molar-refractivity contribution in [3.05, 3.63) is 65.0 Å². The Kier molecular flexibility index (Phi) is 3.74. The van der Waals surface area contributed by atoms with Gasteiger partial charge >= 0.3 is 0 Å². The molecule has 0 fully saturated rings. The highest BCUT2D eigenvalue weighted by Gasteiger charge is 2.27. The molecule has 0 aliphatic heterocycles. The monoisotopic (exact) mass is 284 g/mol. The highest BCUT2D eigenvalue weighted by atomic mass is 19.1. The smallest absolute Gasteiger partial charge is 0.169 e. The zero-order valence-electron chi connectivity index (χ0n) is 11.9. The normalized spacial score (nSPS) is 17.1. The van der Waals surface area contributed by atoms with Crippen LogP contribution < -0.4 is 4.74 Å². The van der Waals surface area contributed by atoms with Crippen LogP contribution in [0.25, 0.3) is 0 Å². The molecule has 0 saturated carbocycles. The lowest BCUT2D eigenvalue weighted by atomic mass is 9.80. The maximum Gasteiger partial charge on any atom is 0.169 e. The van der Waals surface area contributed by atoms with Crippen molar-refractivity contribution in [2.24, 2.45) is 5.92 Å². The van der Waals surface area contributed by atoms with E-state index in [0.717, 1.165) is 12.8 Å². The Balaban J connectivity index is 1.84. The number of methoxy groups -OCH3 is 1. The summed E-state index contributed by atoms with van der Waals surface area (Å²) in [6.45, 7) is 0. The van der Waals surface area contributed by atoms with Crippen molar-refractivity contribution in [2.45, 2.75) is 19.3 Å². The molecule has 21 heavy (non-hydrogen) atoms. The molecule has 0 heterocycles. The van der Waals surface area contributed by atoms with Crippen molar-refractivity contribution in [3.8, 4) is 5.75 Å². The van der Waals surface area contributed by atoms with Crippen LogP contribution in [-0.4, -0.2) is 12.9 Å². The molecule has 1 atom stereocenters. The first-order chi connectivity index (χ1) is 10.2. The van der Waals surface area contributed by atoms with Gasteiger partial charge in [0.05, 0.1) is 12.7 Å². The molecule has 3 heteroatoms. The van der Waals surface area contributed by atoms with Gasteiger partial charge in [0.15, 0.2) is 5.78 Å². The van der Waals surface area contributed by atoms with Gasteiger partial charge in [0.25, 0.3) is 0 Å². The van der Waals surface area contributed by atoms with Crippen LogP contribution in [0.4, 0.5) is 4.39 Å². The van der Waals surface area contributed by atoms with Crippen LogP contribution in [0.15, 0.2) is 42.5 Å². The zero-order valence-corrected chi connectivity index (χ0v) is 11.9. The van der Waals surface area contributed by atoms with E-state index in [1.165, 1.54) is 30.4 Å². The number of fused-ring (bicyclic) bond motifs is 1. The second-order valence-electron chi connectivity index (χ2n) is 5.42. The summed E-state index contributed by atoms with van der Waals surface area (Å²) < 4.78 is 19.0. The van der Waals surface area contributed by atoms with Gasteiger partial charge in [-0.3, -0.25) is 4.79 Å². The largest absolute Gasteiger partial charge is 0.497 e. The lowest BCUT2D eigenvalue weighted by Crippen LogP contribution is -2.23. The van der Waals surface area contributed by atoms with Crippen LogP contribution >= 0.6 is 0 Å². The summed E-state index contributed by atoms with van der Waals surface area (Å²) in [4.78, 5) is 12.5. The van der Waals surface area contributed by atoms with Crippen molar-refractivity contribution >= 4 is 5.78 Å². The molecule has 0 spiro atoms. The van der Waals surface area contributed by atoms with Gasteiger partial charge in [0, 0.05) is 12.0 Å². The number of rotatable bonds is 3. The molecule has 0 aromatic heterocycles. The molecule has 1 aliphatic rings. The summed E-state index contributed by atoms with van der Waals surface area (Å²) in [7, 11) is 1.48. The summed E-state index contributed by atoms with van der Waals surface area (Å²) in [6, 6.07) is 12.6. The molecular formula is C18H17FO2. The third-order valence-corrected chi connectivity index (χ3v) is 4.16. The Morgan fingerprint density at radius 1 is 1.19 bits per heavy atom. The molecule has 2 nitrogen and oxygen atoms in total. The SMILES string of the molecule is COc1ccc(C(=O)C2CCc3ccccc3C2)c(F)c1. The number of hydrogen-bond donors (Lipinski definition) is 0. The summed E-state index contributed by atoms with van der Waals surface area (Å²) in [5.74, 6) is -0.316. The minimum atomic E-state index is -0.502. The average Bonchev–Trinajstić information content (AvgIpc) is 2.53. The molecular weight excluding hydrogens is 267 g/mol. The van der Waals surface area contributed by atoms with Crippen molar-refractivity contribution in [1.29, 1.82) is 0 Å². The van der Waals surface area contributed by atoms with E-state index in [0.29, 0.717) is 12.2 Å².